The Balaban J connectivity index is 1.74. The van der Waals surface area contributed by atoms with Crippen molar-refractivity contribution in [1.29, 1.82) is 0 Å². The SMILES string of the molecule is CC(CN(C)C)Nc1ccc(NC=C2C(=O)Nc3ccc(F)cc32)cc1F. The minimum absolute atomic E-state index is 0.0870. The van der Waals surface area contributed by atoms with Gasteiger partial charge in [0.2, 0.25) is 0 Å². The molecule has 7 heteroatoms. The zero-order chi connectivity index (χ0) is 19.6. The summed E-state index contributed by atoms with van der Waals surface area (Å²) >= 11 is 0. The third kappa shape index (κ3) is 4.43. The Morgan fingerprint density at radius 1 is 1.19 bits per heavy atom. The predicted molar refractivity (Wildman–Crippen MR) is 105 cm³/mol. The van der Waals surface area contributed by atoms with Crippen LogP contribution in [0.4, 0.5) is 25.8 Å². The maximum Gasteiger partial charge on any atom is 0.257 e. The third-order valence-electron chi connectivity index (χ3n) is 4.16. The first-order chi connectivity index (χ1) is 12.8. The Labute approximate surface area is 157 Å². The van der Waals surface area contributed by atoms with Crippen LogP contribution in [0.5, 0.6) is 0 Å². The molecule has 2 aromatic rings. The summed E-state index contributed by atoms with van der Waals surface area (Å²) in [5.41, 5.74) is 2.22. The number of anilines is 3. The van der Waals surface area contributed by atoms with Crippen LogP contribution in [-0.2, 0) is 4.79 Å². The number of halogens is 2. The van der Waals surface area contributed by atoms with E-state index in [2.05, 4.69) is 16.0 Å². The molecule has 0 bridgehead atoms. The quantitative estimate of drug-likeness (QED) is 0.677. The lowest BCUT2D eigenvalue weighted by molar-refractivity contribution is -0.110. The molecule has 5 nitrogen and oxygen atoms in total. The Bertz CT molecular complexity index is 896. The number of fused-ring (bicyclic) bond motifs is 1. The molecule has 0 radical (unpaired) electrons. The molecule has 0 aromatic heterocycles. The summed E-state index contributed by atoms with van der Waals surface area (Å²) in [5, 5.41) is 8.70. The monoisotopic (exact) mass is 372 g/mol. The molecule has 2 aromatic carbocycles. The van der Waals surface area contributed by atoms with Gasteiger partial charge in [0.05, 0.1) is 11.3 Å². The van der Waals surface area contributed by atoms with E-state index in [1.54, 1.807) is 12.1 Å². The van der Waals surface area contributed by atoms with E-state index in [-0.39, 0.29) is 11.9 Å². The van der Waals surface area contributed by atoms with Crippen molar-refractivity contribution in [3.8, 4) is 0 Å². The summed E-state index contributed by atoms with van der Waals surface area (Å²) in [5.74, 6) is -1.16. The van der Waals surface area contributed by atoms with Gasteiger partial charge < -0.3 is 20.9 Å². The first kappa shape index (κ1) is 18.8. The molecule has 0 spiro atoms. The van der Waals surface area contributed by atoms with E-state index in [0.29, 0.717) is 28.2 Å². The summed E-state index contributed by atoms with van der Waals surface area (Å²) in [6.07, 6.45) is 1.46. The van der Waals surface area contributed by atoms with Crippen molar-refractivity contribution in [1.82, 2.24) is 4.90 Å². The van der Waals surface area contributed by atoms with Crippen LogP contribution in [0.15, 0.2) is 42.6 Å². The molecular formula is C20H22F2N4O. The summed E-state index contributed by atoms with van der Waals surface area (Å²) < 4.78 is 27.8. The Kier molecular flexibility index (Phi) is 5.41. The highest BCUT2D eigenvalue weighted by atomic mass is 19.1. The zero-order valence-corrected chi connectivity index (χ0v) is 15.4. The van der Waals surface area contributed by atoms with Crippen LogP contribution >= 0.6 is 0 Å². The van der Waals surface area contributed by atoms with Gasteiger partial charge in [-0.3, -0.25) is 4.79 Å². The number of nitrogens with zero attached hydrogens (tertiary/aromatic N) is 1. The summed E-state index contributed by atoms with van der Waals surface area (Å²) in [7, 11) is 3.91. The van der Waals surface area contributed by atoms with Crippen LogP contribution in [-0.4, -0.2) is 37.5 Å². The van der Waals surface area contributed by atoms with Crippen LogP contribution in [0.25, 0.3) is 5.57 Å². The first-order valence-corrected chi connectivity index (χ1v) is 8.62. The van der Waals surface area contributed by atoms with E-state index in [0.717, 1.165) is 6.54 Å². The molecule has 1 heterocycles. The molecule has 142 valence electrons. The lowest BCUT2D eigenvalue weighted by Gasteiger charge is -2.20. The lowest BCUT2D eigenvalue weighted by Crippen LogP contribution is -2.29. The molecular weight excluding hydrogens is 350 g/mol. The first-order valence-electron chi connectivity index (χ1n) is 8.62. The van der Waals surface area contributed by atoms with Crippen LogP contribution in [0, 0.1) is 11.6 Å². The van der Waals surface area contributed by atoms with Gasteiger partial charge >= 0.3 is 0 Å². The number of hydrogen-bond donors (Lipinski definition) is 3. The van der Waals surface area contributed by atoms with Gasteiger partial charge in [-0.1, -0.05) is 0 Å². The molecule has 1 unspecified atom stereocenters. The highest BCUT2D eigenvalue weighted by Crippen LogP contribution is 2.32. The van der Waals surface area contributed by atoms with Gasteiger partial charge in [0.25, 0.3) is 5.91 Å². The molecule has 1 aliphatic rings. The van der Waals surface area contributed by atoms with Crippen LogP contribution in [0.2, 0.25) is 0 Å². The number of carbonyl (C=O) groups excluding carboxylic acids is 1. The summed E-state index contributed by atoms with van der Waals surface area (Å²) in [6, 6.07) is 8.88. The van der Waals surface area contributed by atoms with Crippen molar-refractivity contribution >= 4 is 28.5 Å². The van der Waals surface area contributed by atoms with E-state index in [1.807, 2.05) is 25.9 Å². The van der Waals surface area contributed by atoms with E-state index < -0.39 is 11.6 Å². The second-order valence-electron chi connectivity index (χ2n) is 6.85. The molecule has 1 amide bonds. The zero-order valence-electron chi connectivity index (χ0n) is 15.4. The van der Waals surface area contributed by atoms with Crippen molar-refractivity contribution in [2.75, 3.05) is 36.6 Å². The van der Waals surface area contributed by atoms with Gasteiger partial charge in [0.15, 0.2) is 0 Å². The standard InChI is InChI=1S/C20H22F2N4O/c1-12(11-26(2)3)24-19-7-5-14(9-17(19)22)23-10-16-15-8-13(21)4-6-18(15)25-20(16)27/h4-10,12,23-24H,11H2,1-3H3,(H,25,27). The average molecular weight is 372 g/mol. The smallest absolute Gasteiger partial charge is 0.257 e. The third-order valence-corrected chi connectivity index (χ3v) is 4.16. The van der Waals surface area contributed by atoms with Gasteiger partial charge in [-0.05, 0) is 57.4 Å². The molecule has 3 N–H and O–H groups in total. The van der Waals surface area contributed by atoms with E-state index >= 15 is 0 Å². The number of likely N-dealkylation sites (N-methyl/N-ethyl adjacent to an activating group) is 1. The molecule has 1 atom stereocenters. The lowest BCUT2D eigenvalue weighted by atomic mass is 10.1. The van der Waals surface area contributed by atoms with Gasteiger partial charge in [-0.2, -0.15) is 0 Å². The van der Waals surface area contributed by atoms with Crippen molar-refractivity contribution in [3.05, 3.63) is 59.8 Å². The topological polar surface area (TPSA) is 56.4 Å². The van der Waals surface area contributed by atoms with Gasteiger partial charge in [-0.15, -0.1) is 0 Å². The number of nitrogens with one attached hydrogen (secondary N) is 3. The normalized spacial score (nSPS) is 15.6. The summed E-state index contributed by atoms with van der Waals surface area (Å²) in [4.78, 5) is 14.1. The van der Waals surface area contributed by atoms with Crippen molar-refractivity contribution in [2.24, 2.45) is 0 Å². The second kappa shape index (κ2) is 7.75. The van der Waals surface area contributed by atoms with Crippen LogP contribution in [0.1, 0.15) is 12.5 Å². The fraction of sp³-hybridized carbons (Fsp3) is 0.250. The number of rotatable bonds is 6. The van der Waals surface area contributed by atoms with Crippen molar-refractivity contribution < 1.29 is 13.6 Å². The van der Waals surface area contributed by atoms with Gasteiger partial charge in [-0.25, -0.2) is 8.78 Å². The maximum absolute atomic E-state index is 14.4. The predicted octanol–water partition coefficient (Wildman–Crippen LogP) is 3.73. The molecule has 0 aliphatic carbocycles. The number of amides is 1. The molecule has 0 saturated heterocycles. The van der Waals surface area contributed by atoms with Crippen LogP contribution in [0.3, 0.4) is 0 Å². The molecule has 0 fully saturated rings. The highest BCUT2D eigenvalue weighted by Gasteiger charge is 2.24. The Hall–Kier alpha value is -2.93. The maximum atomic E-state index is 14.4. The van der Waals surface area contributed by atoms with E-state index in [9.17, 15) is 13.6 Å². The Morgan fingerprint density at radius 3 is 2.67 bits per heavy atom. The fourth-order valence-electron chi connectivity index (χ4n) is 3.04. The summed E-state index contributed by atoms with van der Waals surface area (Å²) in [6.45, 7) is 2.75. The minimum atomic E-state index is -0.426. The number of benzene rings is 2. The van der Waals surface area contributed by atoms with Gasteiger partial charge in [0.1, 0.15) is 11.6 Å². The molecule has 1 aliphatic heterocycles. The van der Waals surface area contributed by atoms with Gasteiger partial charge in [0, 0.05) is 35.7 Å². The highest BCUT2D eigenvalue weighted by molar-refractivity contribution is 6.31. The van der Waals surface area contributed by atoms with Crippen LogP contribution < -0.4 is 16.0 Å². The van der Waals surface area contributed by atoms with Crippen molar-refractivity contribution in [3.63, 3.8) is 0 Å². The largest absolute Gasteiger partial charge is 0.379 e. The van der Waals surface area contributed by atoms with E-state index in [1.165, 1.54) is 30.5 Å². The second-order valence-corrected chi connectivity index (χ2v) is 6.85. The molecule has 27 heavy (non-hydrogen) atoms. The molecule has 3 rings (SSSR count). The minimum Gasteiger partial charge on any atom is -0.379 e. The average Bonchev–Trinajstić information content (AvgIpc) is 2.89. The number of hydrogen-bond acceptors (Lipinski definition) is 4. The fourth-order valence-corrected chi connectivity index (χ4v) is 3.04. The Morgan fingerprint density at radius 2 is 1.96 bits per heavy atom. The van der Waals surface area contributed by atoms with E-state index in [4.69, 9.17) is 0 Å². The number of carbonyl (C=O) groups is 1. The van der Waals surface area contributed by atoms with Crippen molar-refractivity contribution in [2.45, 2.75) is 13.0 Å². The molecule has 0 saturated carbocycles.